The summed E-state index contributed by atoms with van der Waals surface area (Å²) in [7, 11) is -14.0. The number of benzene rings is 3. The van der Waals surface area contributed by atoms with E-state index in [1.165, 1.54) is 18.2 Å². The van der Waals surface area contributed by atoms with Crippen molar-refractivity contribution in [2.75, 3.05) is 10.6 Å². The molecule has 16 heteroatoms. The van der Waals surface area contributed by atoms with Crippen LogP contribution in [0.1, 0.15) is 0 Å². The zero-order valence-corrected chi connectivity index (χ0v) is 18.9. The molecule has 0 atom stereocenters. The lowest BCUT2D eigenvalue weighted by Crippen LogP contribution is -2.13. The highest BCUT2D eigenvalue weighted by Gasteiger charge is 2.29. The van der Waals surface area contributed by atoms with Crippen molar-refractivity contribution in [3.05, 3.63) is 42.5 Å². The van der Waals surface area contributed by atoms with Gasteiger partial charge in [0.25, 0.3) is 30.4 Å². The molecule has 0 unspecified atom stereocenters. The molecule has 1 aromatic heterocycles. The fraction of sp³-hybridized carbons (Fsp3) is 0. The molecule has 5 N–H and O–H groups in total. The minimum Gasteiger partial charge on any atom is -0.352 e. The van der Waals surface area contributed by atoms with E-state index in [0.717, 1.165) is 24.3 Å². The third-order valence-corrected chi connectivity index (χ3v) is 7.64. The first-order chi connectivity index (χ1) is 15.7. The van der Waals surface area contributed by atoms with Gasteiger partial charge in [-0.2, -0.15) is 25.3 Å². The quantitative estimate of drug-likeness (QED) is 0.169. The summed E-state index contributed by atoms with van der Waals surface area (Å²) >= 11 is 0. The van der Waals surface area contributed by atoms with Crippen LogP contribution in [0.2, 0.25) is 0 Å². The van der Waals surface area contributed by atoms with Crippen molar-refractivity contribution in [1.29, 1.82) is 0 Å². The summed E-state index contributed by atoms with van der Waals surface area (Å²) in [5.74, 6) is 0. The monoisotopic (exact) mass is 524 g/mol. The maximum absolute atomic E-state index is 12.4. The number of nitrogens with zero attached hydrogens (tertiary/aromatic N) is 2. The van der Waals surface area contributed by atoms with Gasteiger partial charge in [0, 0.05) is 0 Å². The summed E-state index contributed by atoms with van der Waals surface area (Å²) < 4.78 is 99.1. The van der Waals surface area contributed by atoms with Crippen LogP contribution in [-0.2, 0) is 30.4 Å². The molecule has 5 rings (SSSR count). The van der Waals surface area contributed by atoms with Gasteiger partial charge >= 0.3 is 0 Å². The van der Waals surface area contributed by atoms with E-state index in [-0.39, 0.29) is 44.8 Å². The van der Waals surface area contributed by atoms with Crippen LogP contribution < -0.4 is 10.6 Å². The van der Waals surface area contributed by atoms with Gasteiger partial charge in [0.05, 0.1) is 49.1 Å². The fourth-order valence-electron chi connectivity index (χ4n) is 3.58. The van der Waals surface area contributed by atoms with E-state index in [1.807, 2.05) is 0 Å². The number of anilines is 4. The zero-order valence-electron chi connectivity index (χ0n) is 16.5. The molecule has 34 heavy (non-hydrogen) atoms. The average molecular weight is 525 g/mol. The van der Waals surface area contributed by atoms with Crippen LogP contribution in [0.15, 0.2) is 57.2 Å². The lowest BCUT2D eigenvalue weighted by atomic mass is 10.1. The zero-order chi connectivity index (χ0) is 24.6. The van der Waals surface area contributed by atoms with Crippen molar-refractivity contribution in [2.45, 2.75) is 14.7 Å². The van der Waals surface area contributed by atoms with Crippen LogP contribution in [0.4, 0.5) is 22.7 Å². The number of aromatic nitrogens is 2. The second kappa shape index (κ2) is 7.05. The van der Waals surface area contributed by atoms with E-state index in [9.17, 15) is 38.9 Å². The summed E-state index contributed by atoms with van der Waals surface area (Å²) in [4.78, 5) is 6.90. The van der Waals surface area contributed by atoms with Gasteiger partial charge < -0.3 is 10.6 Å². The van der Waals surface area contributed by atoms with E-state index in [2.05, 4.69) is 20.6 Å². The van der Waals surface area contributed by atoms with E-state index in [4.69, 9.17) is 0 Å². The second-order valence-corrected chi connectivity index (χ2v) is 11.5. The first-order valence-corrected chi connectivity index (χ1v) is 13.4. The van der Waals surface area contributed by atoms with Gasteiger partial charge in [-0.25, -0.2) is 9.97 Å². The van der Waals surface area contributed by atoms with Gasteiger partial charge in [0.2, 0.25) is 0 Å². The molecular weight excluding hydrogens is 512 g/mol. The SMILES string of the molecule is O=S(=O)(O)c1ccc2c(c1)Nc1cc3nc4ccc(S(=O)(=O)O)cc4nc3c(S(=O)(=O)O)c1N2. The van der Waals surface area contributed by atoms with Crippen molar-refractivity contribution in [2.24, 2.45) is 0 Å². The molecule has 13 nitrogen and oxygen atoms in total. The van der Waals surface area contributed by atoms with Gasteiger partial charge in [-0.1, -0.05) is 0 Å². The molecule has 3 aromatic carbocycles. The molecule has 0 bridgehead atoms. The summed E-state index contributed by atoms with van der Waals surface area (Å²) in [5, 5.41) is 5.63. The van der Waals surface area contributed by atoms with Crippen LogP contribution in [0.5, 0.6) is 0 Å². The number of hydrogen-bond donors (Lipinski definition) is 5. The predicted molar refractivity (Wildman–Crippen MR) is 119 cm³/mol. The van der Waals surface area contributed by atoms with Crippen molar-refractivity contribution in [1.82, 2.24) is 9.97 Å². The molecular formula is C18H12N4O9S3. The number of rotatable bonds is 3. The highest BCUT2D eigenvalue weighted by atomic mass is 32.2. The Kier molecular flexibility index (Phi) is 4.64. The first-order valence-electron chi connectivity index (χ1n) is 9.11. The number of nitrogens with one attached hydrogen (secondary N) is 2. The van der Waals surface area contributed by atoms with Crippen molar-refractivity contribution in [3.8, 4) is 0 Å². The first kappa shape index (κ1) is 22.4. The number of fused-ring (bicyclic) bond motifs is 4. The van der Waals surface area contributed by atoms with Crippen LogP contribution in [0.3, 0.4) is 0 Å². The molecule has 0 amide bonds. The van der Waals surface area contributed by atoms with Crippen molar-refractivity contribution < 1.29 is 38.9 Å². The largest absolute Gasteiger partial charge is 0.352 e. The Morgan fingerprint density at radius 3 is 1.88 bits per heavy atom. The smallest absolute Gasteiger partial charge is 0.298 e. The summed E-state index contributed by atoms with van der Waals surface area (Å²) in [6.07, 6.45) is 0. The van der Waals surface area contributed by atoms with E-state index >= 15 is 0 Å². The molecule has 4 aromatic rings. The summed E-state index contributed by atoms with van der Waals surface area (Å²) in [6, 6.07) is 8.23. The highest BCUT2D eigenvalue weighted by molar-refractivity contribution is 7.86. The van der Waals surface area contributed by atoms with Crippen molar-refractivity contribution in [3.63, 3.8) is 0 Å². The molecule has 0 spiro atoms. The molecule has 176 valence electrons. The lowest BCUT2D eigenvalue weighted by Gasteiger charge is -2.25. The Balaban J connectivity index is 1.80. The Hall–Kier alpha value is -3.41. The predicted octanol–water partition coefficient (Wildman–Crippen LogP) is 2.32. The van der Waals surface area contributed by atoms with Crippen LogP contribution >= 0.6 is 0 Å². The second-order valence-electron chi connectivity index (χ2n) is 7.25. The third-order valence-electron chi connectivity index (χ3n) is 5.03. The molecule has 2 heterocycles. The topological polar surface area (TPSA) is 213 Å². The van der Waals surface area contributed by atoms with Gasteiger partial charge in [-0.05, 0) is 42.5 Å². The van der Waals surface area contributed by atoms with Gasteiger partial charge in [0.15, 0.2) is 0 Å². The van der Waals surface area contributed by atoms with Crippen LogP contribution in [0, 0.1) is 0 Å². The Morgan fingerprint density at radius 1 is 0.588 bits per heavy atom. The average Bonchev–Trinajstić information content (AvgIpc) is 2.71. The van der Waals surface area contributed by atoms with Gasteiger partial charge in [-0.15, -0.1) is 0 Å². The normalized spacial score (nSPS) is 13.7. The summed E-state index contributed by atoms with van der Waals surface area (Å²) in [5.41, 5.74) is 0.218. The molecule has 0 fully saturated rings. The summed E-state index contributed by atoms with van der Waals surface area (Å²) in [6.45, 7) is 0. The Labute approximate surface area is 191 Å². The van der Waals surface area contributed by atoms with E-state index < -0.39 is 45.0 Å². The Bertz CT molecular complexity index is 1890. The molecule has 0 aliphatic carbocycles. The maximum Gasteiger partial charge on any atom is 0.298 e. The lowest BCUT2D eigenvalue weighted by molar-refractivity contribution is 0.481. The van der Waals surface area contributed by atoms with E-state index in [1.54, 1.807) is 0 Å². The fourth-order valence-corrected chi connectivity index (χ4v) is 5.40. The van der Waals surface area contributed by atoms with Crippen molar-refractivity contribution >= 4 is 75.2 Å². The standard InChI is InChI=1S/C18H12N4O9S3/c23-32(24,25)8-2-4-11-12(5-8)20-15-7-14-17(18(16(15)21-11)34(29,30)31)22-13-6-9(33(26,27)28)1-3-10(13)19-14/h1-7,20-21H,(H,23,24,25)(H,26,27,28)(H,29,30,31). The minimum absolute atomic E-state index is 0.00200. The van der Waals surface area contributed by atoms with E-state index in [0.29, 0.717) is 0 Å². The van der Waals surface area contributed by atoms with Crippen LogP contribution in [-0.4, -0.2) is 48.9 Å². The molecule has 0 radical (unpaired) electrons. The molecule has 0 saturated carbocycles. The molecule has 0 saturated heterocycles. The maximum atomic E-state index is 12.4. The van der Waals surface area contributed by atoms with Gasteiger partial charge in [0.1, 0.15) is 10.4 Å². The molecule has 1 aliphatic heterocycles. The third kappa shape index (κ3) is 3.71. The number of hydrogen-bond acceptors (Lipinski definition) is 10. The van der Waals surface area contributed by atoms with Crippen LogP contribution in [0.25, 0.3) is 22.1 Å². The minimum atomic E-state index is -4.92. The molecule has 1 aliphatic rings. The highest BCUT2D eigenvalue weighted by Crippen LogP contribution is 2.45. The Morgan fingerprint density at radius 2 is 1.24 bits per heavy atom. The van der Waals surface area contributed by atoms with Gasteiger partial charge in [-0.3, -0.25) is 13.7 Å².